The zero-order valence-corrected chi connectivity index (χ0v) is 9.03. The minimum Gasteiger partial charge on any atom is -0.350 e. The van der Waals surface area contributed by atoms with Gasteiger partial charge in [0.15, 0.2) is 15.5 Å². The number of hydrogen-bond acceptors (Lipinski definition) is 3. The Kier molecular flexibility index (Phi) is 2.85. The summed E-state index contributed by atoms with van der Waals surface area (Å²) in [5.41, 5.74) is -1.95. The third kappa shape index (κ3) is 2.94. The highest BCUT2D eigenvalue weighted by atomic mass is 32.2. The molecule has 1 amide bonds. The second kappa shape index (κ2) is 3.49. The number of hydrogen-bond donors (Lipinski definition) is 1. The van der Waals surface area contributed by atoms with Crippen LogP contribution in [0.5, 0.6) is 0 Å². The van der Waals surface area contributed by atoms with Crippen molar-refractivity contribution in [3.63, 3.8) is 0 Å². The minimum atomic E-state index is -3.02. The number of nitrogens with one attached hydrogen (secondary N) is 1. The standard InChI is InChI=1S/C8H14FNO3S/c1-8(2,9)7(11)10-6-3-4-14(12,13)5-6/h6H,3-5H2,1-2H3,(H,10,11). The smallest absolute Gasteiger partial charge is 0.257 e. The van der Waals surface area contributed by atoms with Gasteiger partial charge in [0.1, 0.15) is 0 Å². The van der Waals surface area contributed by atoms with Gasteiger partial charge in [-0.25, -0.2) is 12.8 Å². The van der Waals surface area contributed by atoms with Crippen molar-refractivity contribution in [2.75, 3.05) is 11.5 Å². The van der Waals surface area contributed by atoms with Crippen LogP contribution in [0.4, 0.5) is 4.39 Å². The lowest BCUT2D eigenvalue weighted by atomic mass is 10.1. The van der Waals surface area contributed by atoms with E-state index in [0.717, 1.165) is 13.8 Å². The number of alkyl halides is 1. The highest BCUT2D eigenvalue weighted by molar-refractivity contribution is 7.91. The predicted molar refractivity (Wildman–Crippen MR) is 50.4 cm³/mol. The van der Waals surface area contributed by atoms with Gasteiger partial charge < -0.3 is 5.32 Å². The largest absolute Gasteiger partial charge is 0.350 e. The first-order valence-electron chi connectivity index (χ1n) is 4.41. The van der Waals surface area contributed by atoms with Crippen molar-refractivity contribution in [1.29, 1.82) is 0 Å². The van der Waals surface area contributed by atoms with E-state index in [0.29, 0.717) is 6.42 Å². The molecule has 1 fully saturated rings. The van der Waals surface area contributed by atoms with Crippen molar-refractivity contribution < 1.29 is 17.6 Å². The normalized spacial score (nSPS) is 26.1. The van der Waals surface area contributed by atoms with E-state index in [1.54, 1.807) is 0 Å². The van der Waals surface area contributed by atoms with E-state index < -0.39 is 27.5 Å². The first-order valence-corrected chi connectivity index (χ1v) is 6.23. The molecule has 82 valence electrons. The molecule has 1 heterocycles. The van der Waals surface area contributed by atoms with Crippen molar-refractivity contribution >= 4 is 15.7 Å². The Morgan fingerprint density at radius 1 is 1.50 bits per heavy atom. The molecule has 1 saturated heterocycles. The van der Waals surface area contributed by atoms with Crippen LogP contribution in [0, 0.1) is 0 Å². The van der Waals surface area contributed by atoms with Crippen LogP contribution in [-0.4, -0.2) is 37.5 Å². The molecule has 4 nitrogen and oxygen atoms in total. The van der Waals surface area contributed by atoms with Crippen molar-refractivity contribution in [2.24, 2.45) is 0 Å². The first-order chi connectivity index (χ1) is 6.21. The van der Waals surface area contributed by atoms with Crippen molar-refractivity contribution in [1.82, 2.24) is 5.32 Å². The Morgan fingerprint density at radius 2 is 2.07 bits per heavy atom. The van der Waals surface area contributed by atoms with Gasteiger partial charge in [0.25, 0.3) is 5.91 Å². The third-order valence-electron chi connectivity index (χ3n) is 2.11. The molecule has 1 aliphatic heterocycles. The summed E-state index contributed by atoms with van der Waals surface area (Å²) in [7, 11) is -3.02. The van der Waals surface area contributed by atoms with Crippen molar-refractivity contribution in [2.45, 2.75) is 32.0 Å². The molecule has 0 spiro atoms. The molecular weight excluding hydrogens is 209 g/mol. The molecule has 0 radical (unpaired) electrons. The van der Waals surface area contributed by atoms with Gasteiger partial charge in [-0.15, -0.1) is 0 Å². The fraction of sp³-hybridized carbons (Fsp3) is 0.875. The molecular formula is C8H14FNO3S. The fourth-order valence-corrected chi connectivity index (χ4v) is 2.94. The van der Waals surface area contributed by atoms with Gasteiger partial charge in [-0.1, -0.05) is 0 Å². The average Bonchev–Trinajstić information content (AvgIpc) is 2.28. The molecule has 1 N–H and O–H groups in total. The maximum absolute atomic E-state index is 13.1. The Morgan fingerprint density at radius 3 is 2.43 bits per heavy atom. The maximum atomic E-state index is 13.1. The lowest BCUT2D eigenvalue weighted by Crippen LogP contribution is -2.44. The Bertz CT molecular complexity index is 331. The van der Waals surface area contributed by atoms with Crippen LogP contribution in [0.2, 0.25) is 0 Å². The monoisotopic (exact) mass is 223 g/mol. The molecule has 14 heavy (non-hydrogen) atoms. The van der Waals surface area contributed by atoms with Gasteiger partial charge in [0, 0.05) is 6.04 Å². The van der Waals surface area contributed by atoms with Crippen LogP contribution in [-0.2, 0) is 14.6 Å². The number of amides is 1. The van der Waals surface area contributed by atoms with Gasteiger partial charge in [0.2, 0.25) is 0 Å². The summed E-state index contributed by atoms with van der Waals surface area (Å²) in [6.45, 7) is 2.29. The summed E-state index contributed by atoms with van der Waals surface area (Å²) in [4.78, 5) is 11.2. The third-order valence-corrected chi connectivity index (χ3v) is 3.88. The second-order valence-electron chi connectivity index (χ2n) is 4.05. The van der Waals surface area contributed by atoms with E-state index in [9.17, 15) is 17.6 Å². The summed E-state index contributed by atoms with van der Waals surface area (Å²) >= 11 is 0. The quantitative estimate of drug-likeness (QED) is 0.718. The summed E-state index contributed by atoms with van der Waals surface area (Å²) in [5, 5.41) is 2.38. The summed E-state index contributed by atoms with van der Waals surface area (Å²) in [6.07, 6.45) is 0.379. The Labute approximate surface area is 82.8 Å². The summed E-state index contributed by atoms with van der Waals surface area (Å²) < 4.78 is 35.1. The highest BCUT2D eigenvalue weighted by Gasteiger charge is 2.33. The SMILES string of the molecule is CC(C)(F)C(=O)NC1CCS(=O)(=O)C1. The molecule has 1 unspecified atom stereocenters. The molecule has 0 saturated carbocycles. The van der Waals surface area contributed by atoms with Crippen molar-refractivity contribution in [3.05, 3.63) is 0 Å². The molecule has 1 atom stereocenters. The number of carbonyl (C=O) groups excluding carboxylic acids is 1. The molecule has 1 rings (SSSR count). The van der Waals surface area contributed by atoms with E-state index >= 15 is 0 Å². The van der Waals surface area contributed by atoms with Crippen LogP contribution in [0.15, 0.2) is 0 Å². The van der Waals surface area contributed by atoms with Crippen molar-refractivity contribution in [3.8, 4) is 0 Å². The molecule has 0 bridgehead atoms. The van der Waals surface area contributed by atoms with Crippen LogP contribution < -0.4 is 5.32 Å². The number of halogens is 1. The molecule has 0 aromatic rings. The minimum absolute atomic E-state index is 0.0741. The zero-order valence-electron chi connectivity index (χ0n) is 8.21. The number of carbonyl (C=O) groups is 1. The molecule has 0 aliphatic carbocycles. The van der Waals surface area contributed by atoms with E-state index in [1.165, 1.54) is 0 Å². The number of sulfone groups is 1. The average molecular weight is 223 g/mol. The van der Waals surface area contributed by atoms with Gasteiger partial charge in [-0.3, -0.25) is 4.79 Å². The maximum Gasteiger partial charge on any atom is 0.257 e. The lowest BCUT2D eigenvalue weighted by Gasteiger charge is -2.17. The Balaban J connectivity index is 2.53. The van der Waals surface area contributed by atoms with Crippen LogP contribution in [0.25, 0.3) is 0 Å². The van der Waals surface area contributed by atoms with E-state index in [4.69, 9.17) is 0 Å². The molecule has 0 aromatic heterocycles. The van der Waals surface area contributed by atoms with Crippen LogP contribution in [0.3, 0.4) is 0 Å². The van der Waals surface area contributed by atoms with Gasteiger partial charge in [-0.05, 0) is 20.3 Å². The summed E-state index contributed by atoms with van der Waals surface area (Å²) in [5.74, 6) is -0.751. The second-order valence-corrected chi connectivity index (χ2v) is 6.27. The van der Waals surface area contributed by atoms with E-state index in [2.05, 4.69) is 5.32 Å². The zero-order chi connectivity index (χ0) is 11.0. The predicted octanol–water partition coefficient (Wildman–Crippen LogP) is 0.0378. The molecule has 0 aromatic carbocycles. The Hall–Kier alpha value is -0.650. The molecule has 6 heteroatoms. The van der Waals surface area contributed by atoms with E-state index in [-0.39, 0.29) is 11.5 Å². The van der Waals surface area contributed by atoms with Gasteiger partial charge >= 0.3 is 0 Å². The van der Waals surface area contributed by atoms with Gasteiger partial charge in [-0.2, -0.15) is 0 Å². The highest BCUT2D eigenvalue weighted by Crippen LogP contribution is 2.14. The summed E-state index contributed by atoms with van der Waals surface area (Å²) in [6, 6.07) is -0.428. The first kappa shape index (κ1) is 11.4. The van der Waals surface area contributed by atoms with Crippen LogP contribution >= 0.6 is 0 Å². The fourth-order valence-electron chi connectivity index (χ4n) is 1.27. The van der Waals surface area contributed by atoms with E-state index in [1.807, 2.05) is 0 Å². The molecule has 1 aliphatic rings. The lowest BCUT2D eigenvalue weighted by molar-refractivity contribution is -0.131. The number of rotatable bonds is 2. The van der Waals surface area contributed by atoms with Crippen LogP contribution in [0.1, 0.15) is 20.3 Å². The van der Waals surface area contributed by atoms with Gasteiger partial charge in [0.05, 0.1) is 11.5 Å². The topological polar surface area (TPSA) is 63.2 Å².